The zero-order valence-corrected chi connectivity index (χ0v) is 14.2. The van der Waals surface area contributed by atoms with Crippen molar-refractivity contribution in [2.75, 3.05) is 0 Å². The second kappa shape index (κ2) is 6.88. The molecule has 0 saturated carbocycles. The highest BCUT2D eigenvalue weighted by Gasteiger charge is 2.27. The molecule has 0 bridgehead atoms. The molecule has 2 rings (SSSR count). The summed E-state index contributed by atoms with van der Waals surface area (Å²) in [7, 11) is 0. The summed E-state index contributed by atoms with van der Waals surface area (Å²) in [5, 5.41) is 10.2. The molecule has 2 unspecified atom stereocenters. The van der Waals surface area contributed by atoms with E-state index in [2.05, 4.69) is 37.6 Å². The minimum atomic E-state index is -0.795. The van der Waals surface area contributed by atoms with Crippen LogP contribution in [-0.4, -0.2) is 33.0 Å². The maximum Gasteiger partial charge on any atom is 0.309 e. The van der Waals surface area contributed by atoms with Gasteiger partial charge in [-0.25, -0.2) is 4.98 Å². The molecule has 0 aliphatic carbocycles. The predicted molar refractivity (Wildman–Crippen MR) is 85.9 cm³/mol. The van der Waals surface area contributed by atoms with Crippen LogP contribution in [0.4, 0.5) is 0 Å². The van der Waals surface area contributed by atoms with Crippen LogP contribution >= 0.6 is 11.3 Å². The molecule has 4 nitrogen and oxygen atoms in total. The average molecular weight is 310 g/mol. The van der Waals surface area contributed by atoms with Crippen molar-refractivity contribution in [1.29, 1.82) is 0 Å². The minimum Gasteiger partial charge on any atom is -0.481 e. The van der Waals surface area contributed by atoms with Gasteiger partial charge >= 0.3 is 5.97 Å². The van der Waals surface area contributed by atoms with E-state index in [1.54, 1.807) is 11.3 Å². The fourth-order valence-electron chi connectivity index (χ4n) is 3.01. The molecule has 1 N–H and O–H groups in total. The largest absolute Gasteiger partial charge is 0.481 e. The van der Waals surface area contributed by atoms with E-state index in [0.29, 0.717) is 18.0 Å². The Kier molecular flexibility index (Phi) is 5.38. The molecule has 1 fully saturated rings. The fraction of sp³-hybridized carbons (Fsp3) is 0.750. The molecule has 118 valence electrons. The second-order valence-corrected chi connectivity index (χ2v) is 7.56. The van der Waals surface area contributed by atoms with Crippen molar-refractivity contribution in [1.82, 2.24) is 9.88 Å². The Morgan fingerprint density at radius 3 is 2.52 bits per heavy atom. The number of rotatable bonds is 5. The number of aromatic nitrogens is 1. The Labute approximate surface area is 131 Å². The van der Waals surface area contributed by atoms with Gasteiger partial charge in [-0.15, -0.1) is 11.3 Å². The molecule has 0 amide bonds. The molecule has 2 atom stereocenters. The molecule has 1 saturated heterocycles. The van der Waals surface area contributed by atoms with E-state index in [4.69, 9.17) is 5.11 Å². The molecule has 0 radical (unpaired) electrons. The summed E-state index contributed by atoms with van der Waals surface area (Å²) in [5.41, 5.74) is 0.765. The van der Waals surface area contributed by atoms with Crippen LogP contribution in [-0.2, 0) is 17.8 Å². The number of likely N-dealkylation sites (tertiary alicyclic amines) is 1. The summed E-state index contributed by atoms with van der Waals surface area (Å²) in [6, 6.07) is 1.13. The van der Waals surface area contributed by atoms with Crippen molar-refractivity contribution in [2.45, 2.75) is 77.9 Å². The molecular weight excluding hydrogens is 284 g/mol. The number of hydrogen-bond acceptors (Lipinski definition) is 4. The summed E-state index contributed by atoms with van der Waals surface area (Å²) in [4.78, 5) is 19.3. The Morgan fingerprint density at radius 2 is 2.00 bits per heavy atom. The van der Waals surface area contributed by atoms with Crippen molar-refractivity contribution < 1.29 is 9.90 Å². The number of hydrogen-bond donors (Lipinski definition) is 1. The standard InChI is InChI=1S/C16H26N2O2S/c1-10(2)16-17-13(8-15(19)20)14(21-16)9-18-11(3)6-5-7-12(18)4/h10-12H,5-9H2,1-4H3,(H,19,20). The molecule has 1 aromatic rings. The van der Waals surface area contributed by atoms with Crippen LogP contribution in [0.25, 0.3) is 0 Å². The van der Waals surface area contributed by atoms with Gasteiger partial charge in [0.15, 0.2) is 0 Å². The van der Waals surface area contributed by atoms with Crippen LogP contribution in [0.5, 0.6) is 0 Å². The van der Waals surface area contributed by atoms with Crippen molar-refractivity contribution in [3.8, 4) is 0 Å². The molecule has 0 spiro atoms. The Morgan fingerprint density at radius 1 is 1.38 bits per heavy atom. The van der Waals surface area contributed by atoms with Crippen molar-refractivity contribution >= 4 is 17.3 Å². The number of piperidine rings is 1. The zero-order valence-electron chi connectivity index (χ0n) is 13.4. The van der Waals surface area contributed by atoms with Crippen molar-refractivity contribution in [2.24, 2.45) is 0 Å². The third-order valence-electron chi connectivity index (χ3n) is 4.31. The van der Waals surface area contributed by atoms with Gasteiger partial charge in [0.2, 0.25) is 0 Å². The number of nitrogens with zero attached hydrogens (tertiary/aromatic N) is 2. The molecule has 1 aromatic heterocycles. The van der Waals surface area contributed by atoms with E-state index < -0.39 is 5.97 Å². The van der Waals surface area contributed by atoms with E-state index >= 15 is 0 Å². The number of carboxylic acid groups (broad SMARTS) is 1. The summed E-state index contributed by atoms with van der Waals surface area (Å²) in [6.07, 6.45) is 3.79. The van der Waals surface area contributed by atoms with Crippen LogP contribution in [0, 0.1) is 0 Å². The molecule has 1 aliphatic heterocycles. The lowest BCUT2D eigenvalue weighted by Crippen LogP contribution is -2.42. The lowest BCUT2D eigenvalue weighted by atomic mass is 9.97. The number of aliphatic carboxylic acids is 1. The van der Waals surface area contributed by atoms with E-state index in [1.165, 1.54) is 19.3 Å². The van der Waals surface area contributed by atoms with Gasteiger partial charge in [0, 0.05) is 29.4 Å². The second-order valence-electron chi connectivity index (χ2n) is 6.45. The van der Waals surface area contributed by atoms with E-state index in [9.17, 15) is 4.79 Å². The van der Waals surface area contributed by atoms with Gasteiger partial charge in [0.25, 0.3) is 0 Å². The summed E-state index contributed by atoms with van der Waals surface area (Å²) >= 11 is 1.69. The number of carbonyl (C=O) groups is 1. The Bertz CT molecular complexity index is 488. The van der Waals surface area contributed by atoms with Crippen LogP contribution in [0.2, 0.25) is 0 Å². The first-order chi connectivity index (χ1) is 9.88. The number of thiazole rings is 1. The first kappa shape index (κ1) is 16.4. The van der Waals surface area contributed by atoms with Gasteiger partial charge in [-0.1, -0.05) is 20.3 Å². The Hall–Kier alpha value is -0.940. The van der Waals surface area contributed by atoms with Crippen molar-refractivity contribution in [3.63, 3.8) is 0 Å². The molecule has 5 heteroatoms. The van der Waals surface area contributed by atoms with E-state index in [1.807, 2.05) is 0 Å². The van der Waals surface area contributed by atoms with Gasteiger partial charge in [0.1, 0.15) is 0 Å². The normalized spacial score (nSPS) is 23.7. The van der Waals surface area contributed by atoms with E-state index in [0.717, 1.165) is 22.1 Å². The quantitative estimate of drug-likeness (QED) is 0.902. The first-order valence-electron chi connectivity index (χ1n) is 7.84. The monoisotopic (exact) mass is 310 g/mol. The van der Waals surface area contributed by atoms with Gasteiger partial charge in [0.05, 0.1) is 17.1 Å². The van der Waals surface area contributed by atoms with Crippen LogP contribution in [0.3, 0.4) is 0 Å². The number of carboxylic acids is 1. The third-order valence-corrected chi connectivity index (χ3v) is 5.69. The lowest BCUT2D eigenvalue weighted by Gasteiger charge is -2.38. The van der Waals surface area contributed by atoms with Crippen molar-refractivity contribution in [3.05, 3.63) is 15.6 Å². The van der Waals surface area contributed by atoms with Gasteiger partial charge in [-0.05, 0) is 26.7 Å². The highest BCUT2D eigenvalue weighted by Crippen LogP contribution is 2.30. The molecule has 2 heterocycles. The van der Waals surface area contributed by atoms with E-state index in [-0.39, 0.29) is 6.42 Å². The summed E-state index contributed by atoms with van der Waals surface area (Å²) in [5.74, 6) is -0.441. The molecule has 1 aliphatic rings. The summed E-state index contributed by atoms with van der Waals surface area (Å²) < 4.78 is 0. The van der Waals surface area contributed by atoms with Crippen LogP contribution in [0.15, 0.2) is 0 Å². The summed E-state index contributed by atoms with van der Waals surface area (Å²) in [6.45, 7) is 9.61. The topological polar surface area (TPSA) is 53.4 Å². The SMILES string of the molecule is CC(C)c1nc(CC(=O)O)c(CN2C(C)CCCC2C)s1. The van der Waals surface area contributed by atoms with Gasteiger partial charge in [-0.3, -0.25) is 9.69 Å². The lowest BCUT2D eigenvalue weighted by molar-refractivity contribution is -0.136. The highest BCUT2D eigenvalue weighted by molar-refractivity contribution is 7.11. The molecular formula is C16H26N2O2S. The average Bonchev–Trinajstić information content (AvgIpc) is 2.76. The minimum absolute atomic E-state index is 0.0369. The van der Waals surface area contributed by atoms with Crippen LogP contribution < -0.4 is 0 Å². The third kappa shape index (κ3) is 4.04. The van der Waals surface area contributed by atoms with Crippen LogP contribution in [0.1, 0.15) is 68.5 Å². The first-order valence-corrected chi connectivity index (χ1v) is 8.66. The van der Waals surface area contributed by atoms with Gasteiger partial charge < -0.3 is 5.11 Å². The predicted octanol–water partition coefficient (Wildman–Crippen LogP) is 3.66. The van der Waals surface area contributed by atoms with Gasteiger partial charge in [-0.2, -0.15) is 0 Å². The fourth-order valence-corrected chi connectivity index (χ4v) is 4.10. The zero-order chi connectivity index (χ0) is 15.6. The maximum absolute atomic E-state index is 11.1. The molecule has 21 heavy (non-hydrogen) atoms. The maximum atomic E-state index is 11.1. The smallest absolute Gasteiger partial charge is 0.309 e. The molecule has 0 aromatic carbocycles. The Balaban J connectivity index is 2.22. The highest BCUT2D eigenvalue weighted by atomic mass is 32.1.